The van der Waals surface area contributed by atoms with Crippen LogP contribution in [0.4, 0.5) is 0 Å². The quantitative estimate of drug-likeness (QED) is 0.465. The largest absolute Gasteiger partial charge is 0.493 e. The molecule has 1 aliphatic rings. The Morgan fingerprint density at radius 3 is 2.29 bits per heavy atom. The summed E-state index contributed by atoms with van der Waals surface area (Å²) in [5, 5.41) is 0. The molecule has 35 heavy (non-hydrogen) atoms. The van der Waals surface area contributed by atoms with Gasteiger partial charge in [0.1, 0.15) is 12.4 Å². The zero-order valence-electron chi connectivity index (χ0n) is 20.4. The molecule has 1 aliphatic heterocycles. The Morgan fingerprint density at radius 2 is 1.63 bits per heavy atom. The third kappa shape index (κ3) is 5.09. The van der Waals surface area contributed by atoms with E-state index in [0.717, 1.165) is 16.7 Å². The first-order chi connectivity index (χ1) is 16.9. The Kier molecular flexibility index (Phi) is 7.25. The van der Waals surface area contributed by atoms with E-state index in [4.69, 9.17) is 18.9 Å². The van der Waals surface area contributed by atoms with Crippen molar-refractivity contribution >= 4 is 11.9 Å². The molecule has 4 rings (SSSR count). The molecule has 0 radical (unpaired) electrons. The highest BCUT2D eigenvalue weighted by Gasteiger charge is 2.33. The van der Waals surface area contributed by atoms with Crippen LogP contribution in [-0.2, 0) is 11.2 Å². The van der Waals surface area contributed by atoms with Gasteiger partial charge in [0, 0.05) is 12.1 Å². The molecule has 0 unspecified atom stereocenters. The number of amides is 1. The fraction of sp³-hybridized carbons (Fsp3) is 0.286. The molecule has 0 saturated carbocycles. The Morgan fingerprint density at radius 1 is 0.914 bits per heavy atom. The van der Waals surface area contributed by atoms with E-state index in [-0.39, 0.29) is 18.6 Å². The summed E-state index contributed by atoms with van der Waals surface area (Å²) in [5.74, 6) is 1.39. The molecule has 1 atom stereocenters. The third-order valence-electron chi connectivity index (χ3n) is 6.21. The van der Waals surface area contributed by atoms with Crippen LogP contribution in [0.1, 0.15) is 43.4 Å². The van der Waals surface area contributed by atoms with Gasteiger partial charge in [-0.25, -0.2) is 4.79 Å². The van der Waals surface area contributed by atoms with E-state index in [1.54, 1.807) is 38.5 Å². The molecule has 7 nitrogen and oxygen atoms in total. The Hall–Kier alpha value is -4.00. The van der Waals surface area contributed by atoms with E-state index in [1.807, 2.05) is 48.2 Å². The van der Waals surface area contributed by atoms with Crippen LogP contribution < -0.4 is 14.2 Å². The lowest BCUT2D eigenvalue weighted by molar-refractivity contribution is 0.0582. The van der Waals surface area contributed by atoms with Crippen molar-refractivity contribution in [3.05, 3.63) is 88.5 Å². The lowest BCUT2D eigenvalue weighted by atomic mass is 9.91. The summed E-state index contributed by atoms with van der Waals surface area (Å²) in [5.41, 5.74) is 4.15. The molecule has 3 aromatic carbocycles. The fourth-order valence-electron chi connectivity index (χ4n) is 4.38. The maximum Gasteiger partial charge on any atom is 0.337 e. The van der Waals surface area contributed by atoms with Gasteiger partial charge in [-0.1, -0.05) is 17.7 Å². The molecule has 0 N–H and O–H groups in total. The van der Waals surface area contributed by atoms with Gasteiger partial charge in [-0.3, -0.25) is 4.79 Å². The van der Waals surface area contributed by atoms with Gasteiger partial charge < -0.3 is 23.8 Å². The van der Waals surface area contributed by atoms with Crippen molar-refractivity contribution in [3.8, 4) is 17.2 Å². The van der Waals surface area contributed by atoms with Gasteiger partial charge >= 0.3 is 5.97 Å². The Bertz CT molecular complexity index is 1220. The molecule has 0 aliphatic carbocycles. The first-order valence-electron chi connectivity index (χ1n) is 11.4. The van der Waals surface area contributed by atoms with Crippen LogP contribution in [0.5, 0.6) is 17.2 Å². The van der Waals surface area contributed by atoms with E-state index in [0.29, 0.717) is 41.3 Å². The first-order valence-corrected chi connectivity index (χ1v) is 11.4. The second kappa shape index (κ2) is 10.5. The number of methoxy groups -OCH3 is 3. The number of benzene rings is 3. The highest BCUT2D eigenvalue weighted by molar-refractivity contribution is 5.95. The number of rotatable bonds is 7. The lowest BCUT2D eigenvalue weighted by Crippen LogP contribution is -2.42. The average molecular weight is 476 g/mol. The number of ether oxygens (including phenoxy) is 4. The molecule has 0 fully saturated rings. The third-order valence-corrected chi connectivity index (χ3v) is 6.21. The summed E-state index contributed by atoms with van der Waals surface area (Å²) < 4.78 is 21.9. The van der Waals surface area contributed by atoms with Gasteiger partial charge in [-0.2, -0.15) is 0 Å². The molecule has 3 aromatic rings. The molecule has 7 heteroatoms. The minimum atomic E-state index is -0.409. The fourth-order valence-corrected chi connectivity index (χ4v) is 4.38. The van der Waals surface area contributed by atoms with Crippen molar-refractivity contribution in [1.82, 2.24) is 4.90 Å². The van der Waals surface area contributed by atoms with Crippen molar-refractivity contribution < 1.29 is 28.5 Å². The summed E-state index contributed by atoms with van der Waals surface area (Å²) in [4.78, 5) is 27.2. The van der Waals surface area contributed by atoms with Crippen molar-refractivity contribution in [3.63, 3.8) is 0 Å². The normalized spacial score (nSPS) is 14.6. The molecular formula is C28H29NO6. The number of carbonyl (C=O) groups is 2. The Labute approximate surface area is 205 Å². The van der Waals surface area contributed by atoms with E-state index >= 15 is 0 Å². The van der Waals surface area contributed by atoms with E-state index in [9.17, 15) is 9.59 Å². The van der Waals surface area contributed by atoms with E-state index in [1.165, 1.54) is 7.11 Å². The summed E-state index contributed by atoms with van der Waals surface area (Å²) in [7, 11) is 4.55. The van der Waals surface area contributed by atoms with Gasteiger partial charge in [0.2, 0.25) is 0 Å². The minimum absolute atomic E-state index is 0.0521. The van der Waals surface area contributed by atoms with E-state index in [2.05, 4.69) is 0 Å². The number of aryl methyl sites for hydroxylation is 1. The summed E-state index contributed by atoms with van der Waals surface area (Å²) in [6, 6.07) is 17.9. The SMILES string of the molecule is COC(=O)c1ccc(OC[C@@H]2c3cc(OC)c(OC)cc3CCN2C(=O)c2cccc(C)c2)cc1. The van der Waals surface area contributed by atoms with Crippen LogP contribution in [-0.4, -0.2) is 51.3 Å². The van der Waals surface area contributed by atoms with Gasteiger partial charge in [0.25, 0.3) is 5.91 Å². The maximum absolute atomic E-state index is 13.6. The predicted molar refractivity (Wildman–Crippen MR) is 131 cm³/mol. The molecule has 1 amide bonds. The zero-order valence-corrected chi connectivity index (χ0v) is 20.4. The number of hydrogen-bond donors (Lipinski definition) is 0. The second-order valence-electron chi connectivity index (χ2n) is 8.37. The topological polar surface area (TPSA) is 74.3 Å². The van der Waals surface area contributed by atoms with Crippen molar-refractivity contribution in [1.29, 1.82) is 0 Å². The predicted octanol–water partition coefficient (Wildman–Crippen LogP) is 4.62. The molecule has 182 valence electrons. The highest BCUT2D eigenvalue weighted by Crippen LogP contribution is 2.39. The van der Waals surface area contributed by atoms with Gasteiger partial charge in [-0.15, -0.1) is 0 Å². The number of esters is 1. The number of carbonyl (C=O) groups excluding carboxylic acids is 2. The van der Waals surface area contributed by atoms with Crippen molar-refractivity contribution in [2.75, 3.05) is 34.5 Å². The number of hydrogen-bond acceptors (Lipinski definition) is 6. The lowest BCUT2D eigenvalue weighted by Gasteiger charge is -2.37. The number of nitrogens with zero attached hydrogens (tertiary/aromatic N) is 1. The van der Waals surface area contributed by atoms with Gasteiger partial charge in [0.15, 0.2) is 11.5 Å². The van der Waals surface area contributed by atoms with Crippen molar-refractivity contribution in [2.24, 2.45) is 0 Å². The van der Waals surface area contributed by atoms with E-state index < -0.39 is 5.97 Å². The monoisotopic (exact) mass is 475 g/mol. The zero-order chi connectivity index (χ0) is 24.9. The molecule has 0 saturated heterocycles. The van der Waals surface area contributed by atoms with Crippen molar-refractivity contribution in [2.45, 2.75) is 19.4 Å². The standard InChI is InChI=1S/C28H29NO6/c1-18-6-5-7-21(14-18)27(30)29-13-12-20-15-25(32-2)26(33-3)16-23(20)24(29)17-35-22-10-8-19(9-11-22)28(31)34-4/h5-11,14-16,24H,12-13,17H2,1-4H3/t24-/m1/s1. The average Bonchev–Trinajstić information content (AvgIpc) is 2.90. The molecule has 1 heterocycles. The second-order valence-corrected chi connectivity index (χ2v) is 8.37. The smallest absolute Gasteiger partial charge is 0.337 e. The summed E-state index contributed by atoms with van der Waals surface area (Å²) >= 11 is 0. The molecule has 0 spiro atoms. The number of fused-ring (bicyclic) bond motifs is 1. The van der Waals surface area contributed by atoms with Crippen LogP contribution >= 0.6 is 0 Å². The molecule has 0 aromatic heterocycles. The van der Waals surface area contributed by atoms with Crippen LogP contribution in [0.2, 0.25) is 0 Å². The van der Waals surface area contributed by atoms with Crippen LogP contribution in [0, 0.1) is 6.92 Å². The highest BCUT2D eigenvalue weighted by atomic mass is 16.5. The Balaban J connectivity index is 1.66. The summed E-state index contributed by atoms with van der Waals surface area (Å²) in [6.07, 6.45) is 0.692. The summed E-state index contributed by atoms with van der Waals surface area (Å²) in [6.45, 7) is 2.75. The molecular weight excluding hydrogens is 446 g/mol. The van der Waals surface area contributed by atoms with Gasteiger partial charge in [-0.05, 0) is 73.0 Å². The minimum Gasteiger partial charge on any atom is -0.493 e. The maximum atomic E-state index is 13.6. The van der Waals surface area contributed by atoms with Gasteiger partial charge in [0.05, 0.1) is 32.9 Å². The van der Waals surface area contributed by atoms with Crippen LogP contribution in [0.25, 0.3) is 0 Å². The van der Waals surface area contributed by atoms with Crippen LogP contribution in [0.3, 0.4) is 0 Å². The van der Waals surface area contributed by atoms with Crippen LogP contribution in [0.15, 0.2) is 60.7 Å². The molecule has 0 bridgehead atoms. The first kappa shape index (κ1) is 24.1.